The van der Waals surface area contributed by atoms with E-state index in [0.717, 1.165) is 93.1 Å². The molecule has 0 radical (unpaired) electrons. The van der Waals surface area contributed by atoms with Crippen LogP contribution in [0.1, 0.15) is 12.7 Å². The van der Waals surface area contributed by atoms with Crippen molar-refractivity contribution in [1.82, 2.24) is 19.8 Å². The van der Waals surface area contributed by atoms with Gasteiger partial charge in [-0.25, -0.2) is 9.97 Å². The molecular weight excluding hydrogens is 350 g/mol. The maximum atomic E-state index is 6.24. The lowest BCUT2D eigenvalue weighted by molar-refractivity contribution is 0.122. The summed E-state index contributed by atoms with van der Waals surface area (Å²) in [7, 11) is 0. The fraction of sp³-hybridized carbons (Fsp3) is 0.579. The van der Waals surface area contributed by atoms with Crippen LogP contribution in [0.4, 0.5) is 5.82 Å². The van der Waals surface area contributed by atoms with Crippen molar-refractivity contribution in [1.29, 1.82) is 0 Å². The van der Waals surface area contributed by atoms with Crippen LogP contribution in [0.25, 0.3) is 10.9 Å². The Labute approximate surface area is 159 Å². The van der Waals surface area contributed by atoms with Gasteiger partial charge in [-0.3, -0.25) is 4.90 Å². The van der Waals surface area contributed by atoms with E-state index in [9.17, 15) is 0 Å². The third-order valence-corrected chi connectivity index (χ3v) is 5.51. The number of ether oxygens (including phenoxy) is 1. The minimum atomic E-state index is 0.721. The second kappa shape index (κ2) is 8.05. The van der Waals surface area contributed by atoms with Crippen molar-refractivity contribution >= 4 is 28.3 Å². The molecule has 2 aromatic rings. The Morgan fingerprint density at radius 2 is 1.73 bits per heavy atom. The van der Waals surface area contributed by atoms with Crippen molar-refractivity contribution < 1.29 is 4.74 Å². The number of morpholine rings is 1. The Morgan fingerprint density at radius 1 is 1.00 bits per heavy atom. The highest BCUT2D eigenvalue weighted by Crippen LogP contribution is 2.28. The molecule has 26 heavy (non-hydrogen) atoms. The molecule has 4 rings (SSSR count). The number of benzene rings is 1. The van der Waals surface area contributed by atoms with E-state index in [1.165, 1.54) is 0 Å². The molecule has 1 aromatic carbocycles. The highest BCUT2D eigenvalue weighted by atomic mass is 35.5. The average molecular weight is 376 g/mol. The molecule has 0 spiro atoms. The molecule has 2 aliphatic rings. The van der Waals surface area contributed by atoms with Crippen LogP contribution < -0.4 is 4.90 Å². The average Bonchev–Trinajstić information content (AvgIpc) is 2.69. The molecule has 1 aromatic heterocycles. The molecule has 0 atom stereocenters. The van der Waals surface area contributed by atoms with Crippen LogP contribution in [0.3, 0.4) is 0 Å². The van der Waals surface area contributed by atoms with Gasteiger partial charge in [0.05, 0.1) is 25.3 Å². The molecule has 2 aliphatic heterocycles. The summed E-state index contributed by atoms with van der Waals surface area (Å²) in [5, 5.41) is 1.75. The number of hydrogen-bond acceptors (Lipinski definition) is 6. The number of fused-ring (bicyclic) bond motifs is 1. The molecule has 3 heterocycles. The van der Waals surface area contributed by atoms with Crippen LogP contribution in [0.2, 0.25) is 5.02 Å². The zero-order chi connectivity index (χ0) is 17.9. The number of halogens is 1. The van der Waals surface area contributed by atoms with Gasteiger partial charge in [-0.1, -0.05) is 18.5 Å². The third-order valence-electron chi connectivity index (χ3n) is 5.27. The van der Waals surface area contributed by atoms with Crippen LogP contribution in [-0.4, -0.2) is 78.8 Å². The highest BCUT2D eigenvalue weighted by Gasteiger charge is 2.20. The van der Waals surface area contributed by atoms with Crippen LogP contribution >= 0.6 is 11.6 Å². The number of likely N-dealkylation sites (N-methyl/N-ethyl adjacent to an activating group) is 1. The number of aromatic nitrogens is 2. The first-order chi connectivity index (χ1) is 12.7. The maximum absolute atomic E-state index is 6.24. The molecular formula is C19H26ClN5O. The van der Waals surface area contributed by atoms with Gasteiger partial charge in [0.15, 0.2) is 0 Å². The molecule has 2 fully saturated rings. The van der Waals surface area contributed by atoms with E-state index in [2.05, 4.69) is 21.6 Å². The molecule has 0 bridgehead atoms. The van der Waals surface area contributed by atoms with Crippen molar-refractivity contribution in [3.05, 3.63) is 29.0 Å². The van der Waals surface area contributed by atoms with E-state index in [-0.39, 0.29) is 0 Å². The minimum absolute atomic E-state index is 0.721. The van der Waals surface area contributed by atoms with Gasteiger partial charge in [-0.15, -0.1) is 0 Å². The zero-order valence-corrected chi connectivity index (χ0v) is 16.1. The highest BCUT2D eigenvalue weighted by molar-refractivity contribution is 6.31. The van der Waals surface area contributed by atoms with Crippen molar-refractivity contribution in [2.45, 2.75) is 13.5 Å². The Kier molecular flexibility index (Phi) is 5.55. The summed E-state index contributed by atoms with van der Waals surface area (Å²) in [5.41, 5.74) is 0.966. The number of anilines is 1. The molecule has 0 saturated carbocycles. The lowest BCUT2D eigenvalue weighted by Crippen LogP contribution is -2.45. The normalized spacial score (nSPS) is 20.0. The first-order valence-corrected chi connectivity index (χ1v) is 9.84. The smallest absolute Gasteiger partial charge is 0.145 e. The number of nitrogens with zero attached hydrogens (tertiary/aromatic N) is 5. The van der Waals surface area contributed by atoms with Crippen molar-refractivity contribution in [3.63, 3.8) is 0 Å². The second-order valence-corrected chi connectivity index (χ2v) is 7.37. The minimum Gasteiger partial charge on any atom is -0.378 e. The summed E-state index contributed by atoms with van der Waals surface area (Å²) >= 11 is 6.24. The molecule has 6 nitrogen and oxygen atoms in total. The first-order valence-electron chi connectivity index (χ1n) is 9.46. The molecule has 0 N–H and O–H groups in total. The molecule has 0 aliphatic carbocycles. The number of piperazine rings is 1. The van der Waals surface area contributed by atoms with Gasteiger partial charge in [-0.05, 0) is 24.7 Å². The molecule has 0 amide bonds. The number of rotatable bonds is 4. The fourth-order valence-electron chi connectivity index (χ4n) is 3.68. The van der Waals surface area contributed by atoms with Gasteiger partial charge < -0.3 is 14.5 Å². The van der Waals surface area contributed by atoms with Gasteiger partial charge >= 0.3 is 0 Å². The Bertz CT molecular complexity index is 757. The topological polar surface area (TPSA) is 44.7 Å². The molecule has 140 valence electrons. The van der Waals surface area contributed by atoms with Crippen LogP contribution in [0.5, 0.6) is 0 Å². The largest absolute Gasteiger partial charge is 0.378 e. The van der Waals surface area contributed by atoms with E-state index < -0.39 is 0 Å². The summed E-state index contributed by atoms with van der Waals surface area (Å²) in [5.74, 6) is 1.88. The van der Waals surface area contributed by atoms with Crippen molar-refractivity contribution in [2.24, 2.45) is 0 Å². The van der Waals surface area contributed by atoms with E-state index >= 15 is 0 Å². The van der Waals surface area contributed by atoms with Gasteiger partial charge in [0.2, 0.25) is 0 Å². The Morgan fingerprint density at radius 3 is 2.46 bits per heavy atom. The number of hydrogen-bond donors (Lipinski definition) is 0. The summed E-state index contributed by atoms with van der Waals surface area (Å²) in [6, 6.07) is 5.89. The molecule has 0 unspecified atom stereocenters. The quantitative estimate of drug-likeness (QED) is 0.816. The lowest BCUT2D eigenvalue weighted by atomic mass is 10.2. The summed E-state index contributed by atoms with van der Waals surface area (Å²) in [4.78, 5) is 17.0. The van der Waals surface area contributed by atoms with Crippen LogP contribution in [0, 0.1) is 0 Å². The van der Waals surface area contributed by atoms with E-state index in [4.69, 9.17) is 26.3 Å². The molecule has 7 heteroatoms. The summed E-state index contributed by atoms with van der Waals surface area (Å²) in [6.07, 6.45) is 0. The Balaban J connectivity index is 1.62. The van der Waals surface area contributed by atoms with Gasteiger partial charge in [-0.2, -0.15) is 0 Å². The Hall–Kier alpha value is -1.47. The van der Waals surface area contributed by atoms with Crippen LogP contribution in [-0.2, 0) is 11.3 Å². The van der Waals surface area contributed by atoms with Crippen molar-refractivity contribution in [3.8, 4) is 0 Å². The van der Waals surface area contributed by atoms with Gasteiger partial charge in [0.1, 0.15) is 11.6 Å². The maximum Gasteiger partial charge on any atom is 0.145 e. The SMILES string of the molecule is CCN1CCN(Cc2nc(N3CCOCC3)c3cc(Cl)ccc3n2)CC1. The monoisotopic (exact) mass is 375 g/mol. The lowest BCUT2D eigenvalue weighted by Gasteiger charge is -2.34. The van der Waals surface area contributed by atoms with Gasteiger partial charge in [0, 0.05) is 49.7 Å². The predicted molar refractivity (Wildman–Crippen MR) is 105 cm³/mol. The first kappa shape index (κ1) is 17.9. The predicted octanol–water partition coefficient (Wildman–Crippen LogP) is 2.26. The van der Waals surface area contributed by atoms with Gasteiger partial charge in [0.25, 0.3) is 0 Å². The zero-order valence-electron chi connectivity index (χ0n) is 15.3. The summed E-state index contributed by atoms with van der Waals surface area (Å²) in [6.45, 7) is 11.7. The third kappa shape index (κ3) is 3.93. The second-order valence-electron chi connectivity index (χ2n) is 6.93. The fourth-order valence-corrected chi connectivity index (χ4v) is 3.85. The van der Waals surface area contributed by atoms with E-state index in [0.29, 0.717) is 0 Å². The summed E-state index contributed by atoms with van der Waals surface area (Å²) < 4.78 is 5.51. The molecule has 2 saturated heterocycles. The van der Waals surface area contributed by atoms with E-state index in [1.807, 2.05) is 18.2 Å². The van der Waals surface area contributed by atoms with E-state index in [1.54, 1.807) is 0 Å². The van der Waals surface area contributed by atoms with Crippen molar-refractivity contribution in [2.75, 3.05) is 63.9 Å². The standard InChI is InChI=1S/C19H26ClN5O/c1-2-23-5-7-24(8-6-23)14-18-21-17-4-3-15(20)13-16(17)19(22-18)25-9-11-26-12-10-25/h3-4,13H,2,5-12,14H2,1H3. The van der Waals surface area contributed by atoms with Crippen LogP contribution in [0.15, 0.2) is 18.2 Å².